The van der Waals surface area contributed by atoms with Crippen molar-refractivity contribution < 1.29 is 4.42 Å². The van der Waals surface area contributed by atoms with Crippen molar-refractivity contribution in [3.63, 3.8) is 0 Å². The second-order valence-electron chi connectivity index (χ2n) is 29.0. The van der Waals surface area contributed by atoms with Gasteiger partial charge in [-0.05, 0) is 200 Å². The minimum atomic E-state index is -0.213. The largest absolute Gasteiger partial charge is 0.468 e. The van der Waals surface area contributed by atoms with E-state index in [0.717, 1.165) is 60.4 Å². The first kappa shape index (κ1) is 48.9. The minimum absolute atomic E-state index is 0.00250. The maximum Gasteiger partial charge on any atom is 0.297 e. The summed E-state index contributed by atoms with van der Waals surface area (Å²) in [6.07, 6.45) is 6.86. The number of fused-ring (bicyclic) bond motifs is 12. The predicted octanol–water partition coefficient (Wildman–Crippen LogP) is 18.0. The van der Waals surface area contributed by atoms with Crippen molar-refractivity contribution in [1.29, 1.82) is 0 Å². The fourth-order valence-electron chi connectivity index (χ4n) is 15.9. The smallest absolute Gasteiger partial charge is 0.297 e. The molecule has 3 aliphatic carbocycles. The van der Waals surface area contributed by atoms with E-state index in [0.29, 0.717) is 0 Å². The monoisotopic (exact) mass is 1010 g/mol. The van der Waals surface area contributed by atoms with E-state index in [-0.39, 0.29) is 44.6 Å². The third kappa shape index (κ3) is 6.70. The molecule has 0 saturated heterocycles. The average molecular weight is 1010 g/mol. The number of anilines is 9. The molecule has 1 atom stereocenters. The summed E-state index contributed by atoms with van der Waals surface area (Å²) in [4.78, 5) is 7.95. The van der Waals surface area contributed by atoms with E-state index in [1.165, 1.54) is 95.8 Å². The number of benzene rings is 7. The molecule has 0 amide bonds. The van der Waals surface area contributed by atoms with E-state index < -0.39 is 0 Å². The summed E-state index contributed by atoms with van der Waals surface area (Å²) in [7, 11) is 0. The van der Waals surface area contributed by atoms with Gasteiger partial charge in [0.15, 0.2) is 0 Å². The maximum atomic E-state index is 7.82. The molecule has 7 aromatic carbocycles. The van der Waals surface area contributed by atoms with Gasteiger partial charge in [0, 0.05) is 44.9 Å². The Labute approximate surface area is 460 Å². The number of para-hydroxylation sites is 2. The van der Waals surface area contributed by atoms with E-state index in [1.54, 1.807) is 11.1 Å². The SMILES string of the molecule is Cc1cc(C(C)(C)C)ccc1N1c2cc(N(c3ccccc3)c3ccccc3)cc3c2B(c2ccc4c5c2N3c2ccc3c(c2C5(C)CCC4(C)C)C(C)(C)CCC3(C)C)c2oc3cc4c(cc3c21)C(C)(C)CCC4(C)C. The lowest BCUT2D eigenvalue weighted by molar-refractivity contribution is 0.311. The third-order valence-corrected chi connectivity index (χ3v) is 20.7. The molecular formula is C72H78BN3O. The van der Waals surface area contributed by atoms with Crippen LogP contribution in [0.5, 0.6) is 0 Å². The molecule has 0 saturated carbocycles. The molecule has 0 radical (unpaired) electrons. The van der Waals surface area contributed by atoms with Gasteiger partial charge in [-0.2, -0.15) is 0 Å². The van der Waals surface area contributed by atoms with Gasteiger partial charge >= 0.3 is 0 Å². The summed E-state index contributed by atoms with van der Waals surface area (Å²) in [6.45, 7) is 36.7. The van der Waals surface area contributed by atoms with Crippen LogP contribution < -0.4 is 31.3 Å². The summed E-state index contributed by atoms with van der Waals surface area (Å²) in [6, 6.07) is 49.7. The highest BCUT2D eigenvalue weighted by Gasteiger charge is 2.57. The molecule has 4 nitrogen and oxygen atoms in total. The van der Waals surface area contributed by atoms with Gasteiger partial charge in [-0.3, -0.25) is 0 Å². The van der Waals surface area contributed by atoms with Crippen molar-refractivity contribution in [2.75, 3.05) is 14.7 Å². The Kier molecular flexibility index (Phi) is 9.93. The first-order valence-electron chi connectivity index (χ1n) is 29.1. The minimum Gasteiger partial charge on any atom is -0.468 e. The topological polar surface area (TPSA) is 22.9 Å². The van der Waals surface area contributed by atoms with Gasteiger partial charge < -0.3 is 19.1 Å². The van der Waals surface area contributed by atoms with Gasteiger partial charge in [0.2, 0.25) is 0 Å². The molecule has 6 aliphatic rings. The van der Waals surface area contributed by atoms with Gasteiger partial charge in [0.05, 0.1) is 22.7 Å². The highest BCUT2D eigenvalue weighted by atomic mass is 16.3. The van der Waals surface area contributed by atoms with E-state index in [4.69, 9.17) is 4.42 Å². The summed E-state index contributed by atoms with van der Waals surface area (Å²) < 4.78 is 7.82. The van der Waals surface area contributed by atoms with Crippen molar-refractivity contribution in [1.82, 2.24) is 0 Å². The van der Waals surface area contributed by atoms with Gasteiger partial charge in [-0.1, -0.05) is 164 Å². The highest BCUT2D eigenvalue weighted by molar-refractivity contribution is 7.00. The summed E-state index contributed by atoms with van der Waals surface area (Å²) in [5, 5.41) is 1.20. The molecule has 14 rings (SSSR count). The van der Waals surface area contributed by atoms with Crippen LogP contribution in [0.4, 0.5) is 51.2 Å². The first-order valence-corrected chi connectivity index (χ1v) is 29.1. The predicted molar refractivity (Wildman–Crippen MR) is 328 cm³/mol. The van der Waals surface area contributed by atoms with E-state index in [9.17, 15) is 0 Å². The molecular weight excluding hydrogens is 934 g/mol. The standard InChI is InChI=1S/C72H78BN3O/c1-43-38-44(66(2,3)4)26-30-54(43)75-56-39-47(74(45-22-18-16-19-23-45)46-24-20-17-21-25-46)40-57-62(56)73(65-63(75)48-41-51-52(42-58(48)77-65)70(11,12)33-32-69(51,9)10)53-29-27-50-60-64(53)76(57)55-31-28-49-59(71(13,14)35-34-67(49,5)6)61(55)72(60,15)37-36-68(50,7)8/h16-31,38-42H,32-37H2,1-15H3. The molecule has 390 valence electrons. The Morgan fingerprint density at radius 2 is 0.987 bits per heavy atom. The fourth-order valence-corrected chi connectivity index (χ4v) is 15.9. The lowest BCUT2D eigenvalue weighted by Crippen LogP contribution is -2.62. The zero-order chi connectivity index (χ0) is 53.9. The van der Waals surface area contributed by atoms with Crippen LogP contribution in [0, 0.1) is 6.92 Å². The molecule has 1 aromatic heterocycles. The normalized spacial score (nSPS) is 21.1. The van der Waals surface area contributed by atoms with Crippen molar-refractivity contribution in [2.45, 2.75) is 180 Å². The molecule has 1 unspecified atom stereocenters. The van der Waals surface area contributed by atoms with E-state index in [2.05, 4.69) is 246 Å². The van der Waals surface area contributed by atoms with Crippen LogP contribution in [0.3, 0.4) is 0 Å². The number of hydrogen-bond donors (Lipinski definition) is 0. The molecule has 8 aromatic rings. The van der Waals surface area contributed by atoms with Crippen LogP contribution in [0.2, 0.25) is 0 Å². The van der Waals surface area contributed by atoms with Crippen molar-refractivity contribution in [2.24, 2.45) is 0 Å². The molecule has 0 spiro atoms. The zero-order valence-electron chi connectivity index (χ0n) is 48.7. The van der Waals surface area contributed by atoms with Gasteiger partial charge in [0.1, 0.15) is 5.58 Å². The van der Waals surface area contributed by atoms with Crippen LogP contribution in [0.25, 0.3) is 11.0 Å². The molecule has 3 aliphatic heterocycles. The maximum absolute atomic E-state index is 7.82. The van der Waals surface area contributed by atoms with Crippen LogP contribution in [0.1, 0.15) is 186 Å². The Hall–Kier alpha value is -6.46. The van der Waals surface area contributed by atoms with Gasteiger partial charge in [-0.15, -0.1) is 0 Å². The zero-order valence-corrected chi connectivity index (χ0v) is 48.7. The Morgan fingerprint density at radius 1 is 0.468 bits per heavy atom. The van der Waals surface area contributed by atoms with Crippen molar-refractivity contribution >= 4 is 85.5 Å². The number of nitrogens with zero attached hydrogens (tertiary/aromatic N) is 3. The van der Waals surface area contributed by atoms with Crippen LogP contribution in [-0.2, 0) is 37.9 Å². The Bertz CT molecular complexity index is 3790. The van der Waals surface area contributed by atoms with E-state index >= 15 is 0 Å². The number of rotatable bonds is 4. The van der Waals surface area contributed by atoms with Crippen molar-refractivity contribution in [3.05, 3.63) is 177 Å². The van der Waals surface area contributed by atoms with Gasteiger partial charge in [0.25, 0.3) is 6.71 Å². The lowest BCUT2D eigenvalue weighted by Gasteiger charge is -2.56. The molecule has 5 heteroatoms. The second-order valence-corrected chi connectivity index (χ2v) is 29.0. The molecule has 0 N–H and O–H groups in total. The highest BCUT2D eigenvalue weighted by Crippen LogP contribution is 2.65. The summed E-state index contributed by atoms with van der Waals surface area (Å²) >= 11 is 0. The van der Waals surface area contributed by atoms with Crippen LogP contribution >= 0.6 is 0 Å². The number of hydrogen-bond acceptors (Lipinski definition) is 4. The second kappa shape index (κ2) is 15.6. The third-order valence-electron chi connectivity index (χ3n) is 20.7. The van der Waals surface area contributed by atoms with E-state index in [1.807, 2.05) is 0 Å². The number of aryl methyl sites for hydroxylation is 1. The quantitative estimate of drug-likeness (QED) is 0.164. The lowest BCUT2D eigenvalue weighted by atomic mass is 9.34. The van der Waals surface area contributed by atoms with Crippen molar-refractivity contribution in [3.8, 4) is 0 Å². The average Bonchev–Trinajstić information content (AvgIpc) is 3.70. The Morgan fingerprint density at radius 3 is 1.58 bits per heavy atom. The Balaban J connectivity index is 1.18. The summed E-state index contributed by atoms with van der Waals surface area (Å²) in [5.41, 5.74) is 28.6. The van der Waals surface area contributed by atoms with Crippen LogP contribution in [-0.4, -0.2) is 6.71 Å². The molecule has 4 heterocycles. The molecule has 77 heavy (non-hydrogen) atoms. The fraction of sp³-hybridized carbons (Fsp3) is 0.389. The molecule has 0 bridgehead atoms. The van der Waals surface area contributed by atoms with Crippen LogP contribution in [0.15, 0.2) is 132 Å². The first-order chi connectivity index (χ1) is 36.3. The summed E-state index contributed by atoms with van der Waals surface area (Å²) in [5.74, 6) is 0. The number of furan rings is 1. The van der Waals surface area contributed by atoms with Gasteiger partial charge in [-0.25, -0.2) is 0 Å². The molecule has 0 fully saturated rings.